The molecule has 0 aliphatic carbocycles. The Morgan fingerprint density at radius 2 is 2.29 bits per heavy atom. The third kappa shape index (κ3) is 4.88. The van der Waals surface area contributed by atoms with E-state index in [1.54, 1.807) is 12.3 Å². The number of hydrogen-bond acceptors (Lipinski definition) is 5. The molecule has 1 N–H and O–H groups in total. The summed E-state index contributed by atoms with van der Waals surface area (Å²) in [5.74, 6) is 0.151. The van der Waals surface area contributed by atoms with E-state index in [4.69, 9.17) is 0 Å². The molecule has 0 radical (unpaired) electrons. The summed E-state index contributed by atoms with van der Waals surface area (Å²) in [5, 5.41) is 2.99. The van der Waals surface area contributed by atoms with Crippen molar-refractivity contribution in [2.75, 3.05) is 18.6 Å². The monoisotopic (exact) mass is 215 g/mol. The molecule has 0 aromatic carbocycles. The second-order valence-corrected chi connectivity index (χ2v) is 5.27. The predicted molar refractivity (Wildman–Crippen MR) is 53.4 cm³/mol. The number of nitrogens with one attached hydrogen (secondary N) is 1. The lowest BCUT2D eigenvalue weighted by Gasteiger charge is -2.02. The van der Waals surface area contributed by atoms with Gasteiger partial charge in [0.15, 0.2) is 0 Å². The first kappa shape index (κ1) is 11.1. The van der Waals surface area contributed by atoms with E-state index in [2.05, 4.69) is 15.3 Å². The fraction of sp³-hybridized carbons (Fsp3) is 0.500. The van der Waals surface area contributed by atoms with Gasteiger partial charge in [0.25, 0.3) is 0 Å². The first-order valence-electron chi connectivity index (χ1n) is 4.21. The fourth-order valence-corrected chi connectivity index (χ4v) is 1.41. The van der Waals surface area contributed by atoms with Crippen molar-refractivity contribution >= 4 is 9.84 Å². The second kappa shape index (κ2) is 5.02. The molecule has 1 heterocycles. The highest BCUT2D eigenvalue weighted by atomic mass is 32.2. The van der Waals surface area contributed by atoms with E-state index in [1.807, 2.05) is 0 Å². The van der Waals surface area contributed by atoms with E-state index in [0.717, 1.165) is 5.69 Å². The van der Waals surface area contributed by atoms with Crippen molar-refractivity contribution in [2.45, 2.75) is 6.54 Å². The molecule has 0 saturated carbocycles. The summed E-state index contributed by atoms with van der Waals surface area (Å²) in [6.07, 6.45) is 4.34. The Morgan fingerprint density at radius 1 is 1.50 bits per heavy atom. The molecule has 0 unspecified atom stereocenters. The largest absolute Gasteiger partial charge is 0.310 e. The lowest BCUT2D eigenvalue weighted by molar-refractivity contribution is 0.595. The van der Waals surface area contributed by atoms with Gasteiger partial charge in [-0.3, -0.25) is 0 Å². The van der Waals surface area contributed by atoms with E-state index < -0.39 is 9.84 Å². The standard InChI is InChI=1S/C8H13N3O2S/c1-14(12,13)5-4-9-6-8-2-3-10-7-11-8/h2-3,7,9H,4-6H2,1H3. The number of nitrogens with zero attached hydrogens (tertiary/aromatic N) is 2. The van der Waals surface area contributed by atoms with Gasteiger partial charge in [-0.25, -0.2) is 18.4 Å². The molecule has 1 aromatic heterocycles. The van der Waals surface area contributed by atoms with Gasteiger partial charge >= 0.3 is 0 Å². The molecule has 0 aliphatic rings. The third-order valence-corrected chi connectivity index (χ3v) is 2.54. The van der Waals surface area contributed by atoms with E-state index >= 15 is 0 Å². The Hall–Kier alpha value is -1.01. The Kier molecular flexibility index (Phi) is 3.97. The summed E-state index contributed by atoms with van der Waals surface area (Å²) in [6.45, 7) is 1.01. The highest BCUT2D eigenvalue weighted by Crippen LogP contribution is 1.89. The second-order valence-electron chi connectivity index (χ2n) is 3.01. The summed E-state index contributed by atoms with van der Waals surface area (Å²) in [4.78, 5) is 7.77. The van der Waals surface area contributed by atoms with Gasteiger partial charge < -0.3 is 5.32 Å². The number of rotatable bonds is 5. The van der Waals surface area contributed by atoms with Crippen molar-refractivity contribution in [3.8, 4) is 0 Å². The average molecular weight is 215 g/mol. The van der Waals surface area contributed by atoms with Crippen molar-refractivity contribution in [1.82, 2.24) is 15.3 Å². The van der Waals surface area contributed by atoms with Crippen LogP contribution in [0, 0.1) is 0 Å². The van der Waals surface area contributed by atoms with Crippen molar-refractivity contribution < 1.29 is 8.42 Å². The summed E-state index contributed by atoms with van der Waals surface area (Å²) in [7, 11) is -2.87. The molecule has 1 aromatic rings. The number of sulfone groups is 1. The minimum absolute atomic E-state index is 0.151. The Labute approximate surface area is 83.5 Å². The highest BCUT2D eigenvalue weighted by molar-refractivity contribution is 7.90. The predicted octanol–water partition coefficient (Wildman–Crippen LogP) is -0.389. The topological polar surface area (TPSA) is 72.0 Å². The van der Waals surface area contributed by atoms with Crippen molar-refractivity contribution in [2.24, 2.45) is 0 Å². The lowest BCUT2D eigenvalue weighted by Crippen LogP contribution is -2.22. The van der Waals surface area contributed by atoms with Crippen LogP contribution in [0.4, 0.5) is 0 Å². The van der Waals surface area contributed by atoms with E-state index in [9.17, 15) is 8.42 Å². The summed E-state index contributed by atoms with van der Waals surface area (Å²) in [5.41, 5.74) is 0.855. The summed E-state index contributed by atoms with van der Waals surface area (Å²) >= 11 is 0. The Bertz CT molecular complexity index is 363. The van der Waals surface area contributed by atoms with Gasteiger partial charge in [0, 0.05) is 25.5 Å². The van der Waals surface area contributed by atoms with Crippen LogP contribution in [0.25, 0.3) is 0 Å². The zero-order chi connectivity index (χ0) is 10.4. The van der Waals surface area contributed by atoms with Gasteiger partial charge in [-0.1, -0.05) is 0 Å². The van der Waals surface area contributed by atoms with Crippen LogP contribution in [0.2, 0.25) is 0 Å². The van der Waals surface area contributed by atoms with E-state index in [-0.39, 0.29) is 5.75 Å². The maximum atomic E-state index is 10.8. The highest BCUT2D eigenvalue weighted by Gasteiger charge is 2.00. The summed E-state index contributed by atoms with van der Waals surface area (Å²) < 4.78 is 21.6. The van der Waals surface area contributed by atoms with Gasteiger partial charge in [-0.15, -0.1) is 0 Å². The fourth-order valence-electron chi connectivity index (χ4n) is 0.897. The van der Waals surface area contributed by atoms with Crippen LogP contribution < -0.4 is 5.32 Å². The van der Waals surface area contributed by atoms with Crippen LogP contribution in [0.5, 0.6) is 0 Å². The lowest BCUT2D eigenvalue weighted by atomic mass is 10.4. The van der Waals surface area contributed by atoms with Crippen LogP contribution >= 0.6 is 0 Å². The average Bonchev–Trinajstić information content (AvgIpc) is 2.13. The zero-order valence-electron chi connectivity index (χ0n) is 7.97. The Morgan fingerprint density at radius 3 is 2.86 bits per heavy atom. The molecular weight excluding hydrogens is 202 g/mol. The third-order valence-electron chi connectivity index (χ3n) is 1.60. The van der Waals surface area contributed by atoms with Gasteiger partial charge in [0.1, 0.15) is 16.2 Å². The molecule has 14 heavy (non-hydrogen) atoms. The molecule has 6 heteroatoms. The SMILES string of the molecule is CS(=O)(=O)CCNCc1ccncn1. The van der Waals surface area contributed by atoms with Crippen LogP contribution in [0.3, 0.4) is 0 Å². The first-order valence-corrected chi connectivity index (χ1v) is 6.27. The summed E-state index contributed by atoms with van der Waals surface area (Å²) in [6, 6.07) is 1.79. The molecule has 0 fully saturated rings. The van der Waals surface area contributed by atoms with Crippen LogP contribution in [0.15, 0.2) is 18.6 Å². The number of aromatic nitrogens is 2. The zero-order valence-corrected chi connectivity index (χ0v) is 8.79. The minimum atomic E-state index is -2.87. The van der Waals surface area contributed by atoms with Gasteiger partial charge in [-0.05, 0) is 6.07 Å². The van der Waals surface area contributed by atoms with Crippen LogP contribution in [-0.2, 0) is 16.4 Å². The molecule has 0 saturated heterocycles. The molecule has 0 amide bonds. The van der Waals surface area contributed by atoms with E-state index in [1.165, 1.54) is 12.6 Å². The minimum Gasteiger partial charge on any atom is -0.310 e. The normalized spacial score (nSPS) is 11.5. The molecule has 1 rings (SSSR count). The molecule has 0 aliphatic heterocycles. The molecule has 0 atom stereocenters. The van der Waals surface area contributed by atoms with Gasteiger partial charge in [0.05, 0.1) is 11.4 Å². The molecular formula is C8H13N3O2S. The maximum Gasteiger partial charge on any atom is 0.148 e. The molecule has 78 valence electrons. The smallest absolute Gasteiger partial charge is 0.148 e. The van der Waals surface area contributed by atoms with Crippen LogP contribution in [0.1, 0.15) is 5.69 Å². The van der Waals surface area contributed by atoms with Crippen molar-refractivity contribution in [3.05, 3.63) is 24.3 Å². The molecule has 5 nitrogen and oxygen atoms in total. The maximum absolute atomic E-state index is 10.8. The van der Waals surface area contributed by atoms with Gasteiger partial charge in [0.2, 0.25) is 0 Å². The van der Waals surface area contributed by atoms with Crippen molar-refractivity contribution in [1.29, 1.82) is 0 Å². The Balaban J connectivity index is 2.23. The first-order chi connectivity index (χ1) is 6.58. The van der Waals surface area contributed by atoms with Crippen LogP contribution in [-0.4, -0.2) is 36.9 Å². The van der Waals surface area contributed by atoms with Gasteiger partial charge in [-0.2, -0.15) is 0 Å². The van der Waals surface area contributed by atoms with E-state index in [0.29, 0.717) is 13.1 Å². The van der Waals surface area contributed by atoms with Crippen molar-refractivity contribution in [3.63, 3.8) is 0 Å². The molecule has 0 spiro atoms. The molecule has 0 bridgehead atoms. The quantitative estimate of drug-likeness (QED) is 0.677. The number of hydrogen-bond donors (Lipinski definition) is 1.